The summed E-state index contributed by atoms with van der Waals surface area (Å²) in [4.78, 5) is 11.0. The Morgan fingerprint density at radius 2 is 2.24 bits per heavy atom. The molecule has 0 radical (unpaired) electrons. The number of hydrogen-bond donors (Lipinski definition) is 1. The fourth-order valence-corrected chi connectivity index (χ4v) is 3.02. The van der Waals surface area contributed by atoms with E-state index in [1.807, 2.05) is 6.20 Å². The number of aromatic nitrogens is 2. The summed E-state index contributed by atoms with van der Waals surface area (Å²) in [6, 6.07) is 5.74. The summed E-state index contributed by atoms with van der Waals surface area (Å²) >= 11 is 0. The number of nitrogens with one attached hydrogen (secondary N) is 1. The van der Waals surface area contributed by atoms with E-state index < -0.39 is 0 Å². The zero-order chi connectivity index (χ0) is 17.9. The average molecular weight is 339 g/mol. The summed E-state index contributed by atoms with van der Waals surface area (Å²) in [7, 11) is 0. The van der Waals surface area contributed by atoms with Gasteiger partial charge in [0, 0.05) is 24.7 Å². The molecule has 3 rings (SSSR count). The molecule has 1 atom stereocenters. The number of oxazole rings is 1. The van der Waals surface area contributed by atoms with E-state index in [4.69, 9.17) is 9.68 Å². The second-order valence-corrected chi connectivity index (χ2v) is 7.65. The minimum atomic E-state index is -0.0101. The minimum absolute atomic E-state index is 0.0101. The Balaban J connectivity index is 1.50. The zero-order valence-electron chi connectivity index (χ0n) is 15.1. The Morgan fingerprint density at radius 1 is 1.40 bits per heavy atom. The molecule has 6 nitrogen and oxygen atoms in total. The van der Waals surface area contributed by atoms with E-state index in [-0.39, 0.29) is 5.41 Å². The molecular weight excluding hydrogens is 314 g/mol. The van der Waals surface area contributed by atoms with Crippen LogP contribution >= 0.6 is 0 Å². The van der Waals surface area contributed by atoms with E-state index >= 15 is 0 Å². The summed E-state index contributed by atoms with van der Waals surface area (Å²) in [5.74, 6) is 2.92. The van der Waals surface area contributed by atoms with Gasteiger partial charge in [-0.25, -0.2) is 9.97 Å². The van der Waals surface area contributed by atoms with Crippen molar-refractivity contribution in [2.24, 2.45) is 5.92 Å². The van der Waals surface area contributed by atoms with Crippen molar-refractivity contribution in [3.63, 3.8) is 0 Å². The first kappa shape index (κ1) is 17.4. The lowest BCUT2D eigenvalue weighted by molar-refractivity contribution is 0.270. The maximum atomic E-state index is 9.12. The van der Waals surface area contributed by atoms with Crippen LogP contribution in [0.25, 0.3) is 0 Å². The van der Waals surface area contributed by atoms with Crippen LogP contribution in [-0.2, 0) is 12.0 Å². The van der Waals surface area contributed by atoms with E-state index in [9.17, 15) is 0 Å². The van der Waals surface area contributed by atoms with Crippen LogP contribution in [0.3, 0.4) is 0 Å². The normalized spacial score (nSPS) is 18.2. The summed E-state index contributed by atoms with van der Waals surface area (Å²) in [6.07, 6.45) is 4.67. The Morgan fingerprint density at radius 3 is 2.96 bits per heavy atom. The van der Waals surface area contributed by atoms with Crippen molar-refractivity contribution in [2.45, 2.75) is 39.2 Å². The predicted octanol–water partition coefficient (Wildman–Crippen LogP) is 3.17. The van der Waals surface area contributed by atoms with Gasteiger partial charge >= 0.3 is 0 Å². The molecule has 2 aromatic heterocycles. The van der Waals surface area contributed by atoms with E-state index in [0.29, 0.717) is 17.3 Å². The van der Waals surface area contributed by atoms with Gasteiger partial charge in [-0.15, -0.1) is 0 Å². The molecule has 0 amide bonds. The first-order valence-electron chi connectivity index (χ1n) is 8.72. The standard InChI is InChI=1S/C19H25N5O/c1-19(2,3)16-11-22-17(25-16)13-24-8-6-14(12-24)10-23-18-15(9-20)5-4-7-21-18/h4-5,7,11,14H,6,8,10,12-13H2,1-3H3,(H,21,23)/t14-/m0/s1. The van der Waals surface area contributed by atoms with Gasteiger partial charge in [0.1, 0.15) is 17.6 Å². The number of nitriles is 1. The van der Waals surface area contributed by atoms with E-state index in [1.165, 1.54) is 0 Å². The minimum Gasteiger partial charge on any atom is -0.444 e. The molecule has 0 aromatic carbocycles. The first-order chi connectivity index (χ1) is 12.0. The van der Waals surface area contributed by atoms with Crippen LogP contribution in [0.4, 0.5) is 5.82 Å². The van der Waals surface area contributed by atoms with Gasteiger partial charge in [-0.05, 0) is 31.0 Å². The highest BCUT2D eigenvalue weighted by Crippen LogP contribution is 2.24. The van der Waals surface area contributed by atoms with Crippen LogP contribution in [0.15, 0.2) is 28.9 Å². The largest absolute Gasteiger partial charge is 0.444 e. The average Bonchev–Trinajstić information content (AvgIpc) is 3.23. The second-order valence-electron chi connectivity index (χ2n) is 7.65. The van der Waals surface area contributed by atoms with E-state index in [2.05, 4.69) is 47.0 Å². The summed E-state index contributed by atoms with van der Waals surface area (Å²) < 4.78 is 5.89. The fourth-order valence-electron chi connectivity index (χ4n) is 3.02. The van der Waals surface area contributed by atoms with Crippen LogP contribution < -0.4 is 5.32 Å². The van der Waals surface area contributed by atoms with E-state index in [0.717, 1.165) is 44.3 Å². The van der Waals surface area contributed by atoms with Crippen molar-refractivity contribution in [2.75, 3.05) is 25.0 Å². The van der Waals surface area contributed by atoms with Crippen LogP contribution in [0.5, 0.6) is 0 Å². The van der Waals surface area contributed by atoms with Gasteiger partial charge in [-0.3, -0.25) is 4.90 Å². The number of likely N-dealkylation sites (tertiary alicyclic amines) is 1. The Bertz CT molecular complexity index is 756. The SMILES string of the molecule is CC(C)(C)c1cnc(CN2CC[C@@H](CNc3ncccc3C#N)C2)o1. The number of anilines is 1. The van der Waals surface area contributed by atoms with Crippen molar-refractivity contribution >= 4 is 5.82 Å². The molecule has 0 spiro atoms. The molecule has 0 aliphatic carbocycles. The van der Waals surface area contributed by atoms with Gasteiger partial charge < -0.3 is 9.73 Å². The van der Waals surface area contributed by atoms with Gasteiger partial charge in [-0.2, -0.15) is 5.26 Å². The van der Waals surface area contributed by atoms with Crippen molar-refractivity contribution < 1.29 is 4.42 Å². The molecule has 1 fully saturated rings. The molecule has 0 unspecified atom stereocenters. The van der Waals surface area contributed by atoms with Gasteiger partial charge in [0.25, 0.3) is 0 Å². The zero-order valence-corrected chi connectivity index (χ0v) is 15.1. The topological polar surface area (TPSA) is 78.0 Å². The molecule has 3 heterocycles. The third kappa shape index (κ3) is 4.37. The molecule has 0 bridgehead atoms. The van der Waals surface area contributed by atoms with Gasteiger partial charge in [0.2, 0.25) is 5.89 Å². The number of nitrogens with zero attached hydrogens (tertiary/aromatic N) is 4. The Kier molecular flexibility index (Phi) is 5.05. The maximum absolute atomic E-state index is 9.12. The van der Waals surface area contributed by atoms with Gasteiger partial charge in [0.15, 0.2) is 0 Å². The van der Waals surface area contributed by atoms with Crippen LogP contribution in [-0.4, -0.2) is 34.5 Å². The summed E-state index contributed by atoms with van der Waals surface area (Å²) in [6.45, 7) is 9.98. The number of hydrogen-bond acceptors (Lipinski definition) is 6. The molecule has 0 saturated carbocycles. The molecule has 1 N–H and O–H groups in total. The van der Waals surface area contributed by atoms with Crippen molar-refractivity contribution in [3.8, 4) is 6.07 Å². The lowest BCUT2D eigenvalue weighted by Gasteiger charge is -2.16. The molecular formula is C19H25N5O. The van der Waals surface area contributed by atoms with Crippen molar-refractivity contribution in [3.05, 3.63) is 41.7 Å². The maximum Gasteiger partial charge on any atom is 0.208 e. The molecule has 132 valence electrons. The lowest BCUT2D eigenvalue weighted by atomic mass is 9.94. The lowest BCUT2D eigenvalue weighted by Crippen LogP contribution is -2.23. The number of pyridine rings is 1. The summed E-state index contributed by atoms with van der Waals surface area (Å²) in [5.41, 5.74) is 0.580. The molecule has 1 aliphatic heterocycles. The monoisotopic (exact) mass is 339 g/mol. The predicted molar refractivity (Wildman–Crippen MR) is 96.0 cm³/mol. The first-order valence-corrected chi connectivity index (χ1v) is 8.72. The summed E-state index contributed by atoms with van der Waals surface area (Å²) in [5, 5.41) is 12.4. The fraction of sp³-hybridized carbons (Fsp3) is 0.526. The molecule has 1 saturated heterocycles. The molecule has 1 aliphatic rings. The molecule has 25 heavy (non-hydrogen) atoms. The van der Waals surface area contributed by atoms with Crippen molar-refractivity contribution in [1.29, 1.82) is 5.26 Å². The van der Waals surface area contributed by atoms with Crippen LogP contribution in [0, 0.1) is 17.2 Å². The van der Waals surface area contributed by atoms with Gasteiger partial charge in [-0.1, -0.05) is 20.8 Å². The second kappa shape index (κ2) is 7.24. The third-order valence-electron chi connectivity index (χ3n) is 4.51. The van der Waals surface area contributed by atoms with Crippen LogP contribution in [0.1, 0.15) is 44.4 Å². The highest BCUT2D eigenvalue weighted by molar-refractivity contribution is 5.51. The number of rotatable bonds is 5. The Labute approximate surface area is 148 Å². The van der Waals surface area contributed by atoms with Crippen molar-refractivity contribution in [1.82, 2.24) is 14.9 Å². The highest BCUT2D eigenvalue weighted by Gasteiger charge is 2.25. The quantitative estimate of drug-likeness (QED) is 0.901. The third-order valence-corrected chi connectivity index (χ3v) is 4.51. The smallest absolute Gasteiger partial charge is 0.208 e. The highest BCUT2D eigenvalue weighted by atomic mass is 16.4. The Hall–Kier alpha value is -2.39. The van der Waals surface area contributed by atoms with E-state index in [1.54, 1.807) is 18.3 Å². The van der Waals surface area contributed by atoms with Crippen LogP contribution in [0.2, 0.25) is 0 Å². The van der Waals surface area contributed by atoms with Gasteiger partial charge in [0.05, 0.1) is 18.3 Å². The molecule has 6 heteroatoms. The molecule has 2 aromatic rings.